The van der Waals surface area contributed by atoms with E-state index in [4.69, 9.17) is 0 Å². The molecule has 2 aromatic carbocycles. The maximum Gasteiger partial charge on any atom is 0.458 e. The average Bonchev–Trinajstić information content (AvgIpc) is 2.53. The van der Waals surface area contributed by atoms with Crippen molar-refractivity contribution in [1.82, 2.24) is 4.98 Å². The summed E-state index contributed by atoms with van der Waals surface area (Å²) in [6.07, 6.45) is -2.86. The number of nitrogens with zero attached hydrogens (tertiary/aromatic N) is 1. The summed E-state index contributed by atoms with van der Waals surface area (Å²) < 4.78 is 36.7. The van der Waals surface area contributed by atoms with Crippen molar-refractivity contribution >= 4 is 22.3 Å². The number of anilines is 2. The molecule has 0 saturated carbocycles. The van der Waals surface area contributed by atoms with Gasteiger partial charge in [-0.2, -0.15) is 13.2 Å². The summed E-state index contributed by atoms with van der Waals surface area (Å²) in [5, 5.41) is 3.95. The molecule has 0 aliphatic carbocycles. The van der Waals surface area contributed by atoms with Gasteiger partial charge in [0.1, 0.15) is 0 Å². The summed E-state index contributed by atoms with van der Waals surface area (Å²) in [4.78, 5) is 4.22. The highest BCUT2D eigenvalue weighted by Gasteiger charge is 2.22. The molecule has 0 fully saturated rings. The average molecular weight is 312 g/mol. The molecule has 1 N–H and O–H groups in total. The number of fused-ring (bicyclic) bond motifs is 1. The van der Waals surface area contributed by atoms with Crippen LogP contribution in [0.4, 0.5) is 24.5 Å². The Labute approximate surface area is 131 Å². The second-order valence-electron chi connectivity index (χ2n) is 4.83. The van der Waals surface area contributed by atoms with E-state index < -0.39 is 6.18 Å². The van der Waals surface area contributed by atoms with Crippen LogP contribution in [0.25, 0.3) is 10.9 Å². The van der Waals surface area contributed by atoms with E-state index in [0.717, 1.165) is 11.4 Å². The number of rotatable bonds is 2. The first-order chi connectivity index (χ1) is 11.0. The van der Waals surface area contributed by atoms with Gasteiger partial charge in [0.2, 0.25) is 0 Å². The number of para-hydroxylation sites is 1. The SMILES string of the molecule is FC(F)(F)C#Cc1ccc2nccc(Nc3ccccc3)c2c1. The zero-order valence-corrected chi connectivity index (χ0v) is 11.9. The van der Waals surface area contributed by atoms with Gasteiger partial charge >= 0.3 is 6.18 Å². The molecule has 0 amide bonds. The highest BCUT2D eigenvalue weighted by molar-refractivity contribution is 5.93. The van der Waals surface area contributed by atoms with Crippen molar-refractivity contribution in [1.29, 1.82) is 0 Å². The van der Waals surface area contributed by atoms with Crippen LogP contribution in [0.1, 0.15) is 5.56 Å². The molecule has 0 aliphatic heterocycles. The Morgan fingerprint density at radius 2 is 1.74 bits per heavy atom. The zero-order chi connectivity index (χ0) is 16.3. The van der Waals surface area contributed by atoms with Crippen LogP contribution in [-0.2, 0) is 0 Å². The molecule has 0 atom stereocenters. The maximum atomic E-state index is 12.2. The monoisotopic (exact) mass is 312 g/mol. The van der Waals surface area contributed by atoms with E-state index in [1.807, 2.05) is 30.3 Å². The van der Waals surface area contributed by atoms with Crippen LogP contribution in [0, 0.1) is 11.8 Å². The summed E-state index contributed by atoms with van der Waals surface area (Å²) in [5.41, 5.74) is 2.62. The molecule has 5 heteroatoms. The van der Waals surface area contributed by atoms with Gasteiger partial charge in [-0.15, -0.1) is 0 Å². The van der Waals surface area contributed by atoms with Gasteiger partial charge in [-0.1, -0.05) is 24.1 Å². The highest BCUT2D eigenvalue weighted by atomic mass is 19.4. The Hall–Kier alpha value is -3.00. The van der Waals surface area contributed by atoms with E-state index in [9.17, 15) is 13.2 Å². The third-order valence-corrected chi connectivity index (χ3v) is 3.14. The third kappa shape index (κ3) is 3.80. The van der Waals surface area contributed by atoms with Crippen molar-refractivity contribution < 1.29 is 13.2 Å². The largest absolute Gasteiger partial charge is 0.458 e. The van der Waals surface area contributed by atoms with Gasteiger partial charge in [-0.25, -0.2) is 0 Å². The van der Waals surface area contributed by atoms with Crippen molar-refractivity contribution in [2.24, 2.45) is 0 Å². The van der Waals surface area contributed by atoms with Gasteiger partial charge in [0.25, 0.3) is 0 Å². The third-order valence-electron chi connectivity index (χ3n) is 3.14. The predicted molar refractivity (Wildman–Crippen MR) is 84.4 cm³/mol. The van der Waals surface area contributed by atoms with E-state index in [2.05, 4.69) is 16.2 Å². The fourth-order valence-electron chi connectivity index (χ4n) is 2.15. The first kappa shape index (κ1) is 14.9. The Balaban J connectivity index is 2.03. The lowest BCUT2D eigenvalue weighted by atomic mass is 10.1. The first-order valence-corrected chi connectivity index (χ1v) is 6.82. The predicted octanol–water partition coefficient (Wildman–Crippen LogP) is 4.89. The lowest BCUT2D eigenvalue weighted by molar-refractivity contribution is -0.0696. The molecule has 0 bridgehead atoms. The molecule has 2 nitrogen and oxygen atoms in total. The molecule has 1 aromatic heterocycles. The highest BCUT2D eigenvalue weighted by Crippen LogP contribution is 2.26. The fourth-order valence-corrected chi connectivity index (χ4v) is 2.15. The molecular formula is C18H11F3N2. The molecule has 114 valence electrons. The van der Waals surface area contributed by atoms with Crippen LogP contribution >= 0.6 is 0 Å². The minimum absolute atomic E-state index is 0.291. The molecule has 1 heterocycles. The van der Waals surface area contributed by atoms with E-state index >= 15 is 0 Å². The topological polar surface area (TPSA) is 24.9 Å². The van der Waals surface area contributed by atoms with E-state index in [-0.39, 0.29) is 0 Å². The molecule has 0 saturated heterocycles. The number of benzene rings is 2. The van der Waals surface area contributed by atoms with Crippen LogP contribution in [-0.4, -0.2) is 11.2 Å². The summed E-state index contributed by atoms with van der Waals surface area (Å²) in [6.45, 7) is 0. The lowest BCUT2D eigenvalue weighted by Crippen LogP contribution is -2.01. The van der Waals surface area contributed by atoms with Crippen molar-refractivity contribution in [2.45, 2.75) is 6.18 Å². The molecule has 0 aliphatic rings. The smallest absolute Gasteiger partial charge is 0.355 e. The number of hydrogen-bond acceptors (Lipinski definition) is 2. The summed E-state index contributed by atoms with van der Waals surface area (Å²) >= 11 is 0. The summed E-state index contributed by atoms with van der Waals surface area (Å²) in [6, 6.07) is 16.1. The van der Waals surface area contributed by atoms with Crippen molar-refractivity contribution in [3.8, 4) is 11.8 Å². The Morgan fingerprint density at radius 1 is 0.957 bits per heavy atom. The first-order valence-electron chi connectivity index (χ1n) is 6.82. The normalized spacial score (nSPS) is 10.9. The number of alkyl halides is 3. The standard InChI is InChI=1S/C18H11F3N2/c19-18(20,21)10-8-13-6-7-16-15(12-13)17(9-11-22-16)23-14-4-2-1-3-5-14/h1-7,9,11-12H,(H,22,23). The van der Waals surface area contributed by atoms with Crippen LogP contribution in [0.3, 0.4) is 0 Å². The second kappa shape index (κ2) is 6.01. The van der Waals surface area contributed by atoms with Crippen LogP contribution in [0.2, 0.25) is 0 Å². The number of aromatic nitrogens is 1. The Morgan fingerprint density at radius 3 is 2.48 bits per heavy atom. The fraction of sp³-hybridized carbons (Fsp3) is 0.0556. The minimum Gasteiger partial charge on any atom is -0.355 e. The van der Waals surface area contributed by atoms with Gasteiger partial charge < -0.3 is 5.32 Å². The number of halogens is 3. The Bertz CT molecular complexity index is 891. The Kier molecular flexibility index (Phi) is 3.90. The van der Waals surface area contributed by atoms with Gasteiger partial charge in [0.15, 0.2) is 0 Å². The van der Waals surface area contributed by atoms with Gasteiger partial charge in [0.05, 0.1) is 5.52 Å². The molecule has 3 rings (SSSR count). The molecule has 0 unspecified atom stereocenters. The second-order valence-corrected chi connectivity index (χ2v) is 4.83. The van der Waals surface area contributed by atoms with E-state index in [1.54, 1.807) is 24.4 Å². The van der Waals surface area contributed by atoms with Crippen molar-refractivity contribution in [2.75, 3.05) is 5.32 Å². The molecule has 23 heavy (non-hydrogen) atoms. The maximum absolute atomic E-state index is 12.2. The summed E-state index contributed by atoms with van der Waals surface area (Å²) in [7, 11) is 0. The van der Waals surface area contributed by atoms with Crippen molar-refractivity contribution in [3.63, 3.8) is 0 Å². The van der Waals surface area contributed by atoms with Gasteiger partial charge in [-0.05, 0) is 36.4 Å². The lowest BCUT2D eigenvalue weighted by Gasteiger charge is -2.09. The van der Waals surface area contributed by atoms with E-state index in [0.29, 0.717) is 16.5 Å². The number of hydrogen-bond donors (Lipinski definition) is 1. The van der Waals surface area contributed by atoms with Crippen LogP contribution in [0.5, 0.6) is 0 Å². The zero-order valence-electron chi connectivity index (χ0n) is 11.9. The molecule has 0 radical (unpaired) electrons. The minimum atomic E-state index is -4.50. The van der Waals surface area contributed by atoms with Gasteiger partial charge in [0, 0.05) is 34.4 Å². The quantitative estimate of drug-likeness (QED) is 0.681. The van der Waals surface area contributed by atoms with Crippen LogP contribution in [0.15, 0.2) is 60.8 Å². The van der Waals surface area contributed by atoms with Gasteiger partial charge in [-0.3, -0.25) is 4.98 Å². The van der Waals surface area contributed by atoms with E-state index in [1.165, 1.54) is 12.0 Å². The summed E-state index contributed by atoms with van der Waals surface area (Å²) in [5.74, 6) is 3.42. The molecule has 0 spiro atoms. The van der Waals surface area contributed by atoms with Crippen LogP contribution < -0.4 is 5.32 Å². The molecular weight excluding hydrogens is 301 g/mol. The number of pyridine rings is 1. The van der Waals surface area contributed by atoms with Crippen molar-refractivity contribution in [3.05, 3.63) is 66.4 Å². The molecule has 3 aromatic rings. The number of nitrogens with one attached hydrogen (secondary N) is 1.